The Morgan fingerprint density at radius 2 is 2.11 bits per heavy atom. The minimum atomic E-state index is -0.491. The fraction of sp³-hybridized carbons (Fsp3) is 0.500. The minimum absolute atomic E-state index is 0.371. The van der Waals surface area contributed by atoms with E-state index in [-0.39, 0.29) is 0 Å². The monoisotopic (exact) mass is 266 g/mol. The summed E-state index contributed by atoms with van der Waals surface area (Å²) in [6.07, 6.45) is 2.40. The summed E-state index contributed by atoms with van der Waals surface area (Å²) in [5.74, 6) is 1.09. The fourth-order valence-corrected chi connectivity index (χ4v) is 2.64. The van der Waals surface area contributed by atoms with Gasteiger partial charge in [0, 0.05) is 11.7 Å². The number of nitrogens with two attached hydrogens (primary N) is 1. The van der Waals surface area contributed by atoms with Gasteiger partial charge in [0.15, 0.2) is 0 Å². The molecule has 0 unspecified atom stereocenters. The Bertz CT molecular complexity index is 453. The second-order valence-electron chi connectivity index (χ2n) is 5.38. The third-order valence-corrected chi connectivity index (χ3v) is 4.04. The fourth-order valence-electron chi connectivity index (χ4n) is 2.36. The number of rotatable bonds is 4. The van der Waals surface area contributed by atoms with Gasteiger partial charge in [0.1, 0.15) is 0 Å². The van der Waals surface area contributed by atoms with Crippen molar-refractivity contribution in [2.45, 2.75) is 32.7 Å². The number of amides is 1. The first-order valence-electron chi connectivity index (χ1n) is 6.33. The number of anilines is 1. The van der Waals surface area contributed by atoms with Crippen LogP contribution < -0.4 is 11.1 Å². The van der Waals surface area contributed by atoms with E-state index in [1.165, 1.54) is 12.8 Å². The van der Waals surface area contributed by atoms with Crippen molar-refractivity contribution in [1.29, 1.82) is 0 Å². The van der Waals surface area contributed by atoms with Crippen LogP contribution in [0, 0.1) is 11.8 Å². The summed E-state index contributed by atoms with van der Waals surface area (Å²) in [6, 6.07) is 5.82. The Labute approximate surface area is 113 Å². The van der Waals surface area contributed by atoms with E-state index in [2.05, 4.69) is 19.2 Å². The predicted molar refractivity (Wildman–Crippen MR) is 74.9 cm³/mol. The normalized spacial score (nSPS) is 22.7. The van der Waals surface area contributed by atoms with Crippen LogP contribution in [0.1, 0.15) is 37.0 Å². The second-order valence-corrected chi connectivity index (χ2v) is 5.78. The van der Waals surface area contributed by atoms with Crippen molar-refractivity contribution in [3.05, 3.63) is 28.8 Å². The van der Waals surface area contributed by atoms with Crippen LogP contribution in [-0.4, -0.2) is 11.9 Å². The van der Waals surface area contributed by atoms with E-state index >= 15 is 0 Å². The zero-order valence-electron chi connectivity index (χ0n) is 10.7. The van der Waals surface area contributed by atoms with E-state index in [9.17, 15) is 4.79 Å². The van der Waals surface area contributed by atoms with Gasteiger partial charge in [-0.1, -0.05) is 25.4 Å². The van der Waals surface area contributed by atoms with Crippen molar-refractivity contribution < 1.29 is 4.79 Å². The summed E-state index contributed by atoms with van der Waals surface area (Å²) in [4.78, 5) is 11.1. The molecule has 1 aromatic rings. The third-order valence-electron chi connectivity index (χ3n) is 3.72. The van der Waals surface area contributed by atoms with Gasteiger partial charge >= 0.3 is 0 Å². The van der Waals surface area contributed by atoms with Crippen LogP contribution >= 0.6 is 11.6 Å². The largest absolute Gasteiger partial charge is 0.382 e. The molecule has 0 atom stereocenters. The zero-order chi connectivity index (χ0) is 13.3. The Morgan fingerprint density at radius 3 is 2.61 bits per heavy atom. The van der Waals surface area contributed by atoms with E-state index in [4.69, 9.17) is 17.3 Å². The number of nitrogens with one attached hydrogen (secondary N) is 1. The van der Waals surface area contributed by atoms with Gasteiger partial charge in [-0.15, -0.1) is 0 Å². The van der Waals surface area contributed by atoms with Crippen LogP contribution in [0.15, 0.2) is 18.2 Å². The maximum atomic E-state index is 11.1. The molecule has 1 saturated carbocycles. The highest BCUT2D eigenvalue weighted by Gasteiger charge is 2.30. The molecule has 2 rings (SSSR count). The molecule has 0 heterocycles. The molecular formula is C14H19ClN2O. The lowest BCUT2D eigenvalue weighted by Crippen LogP contribution is -2.37. The van der Waals surface area contributed by atoms with Crippen LogP contribution in [0.25, 0.3) is 0 Å². The number of hydrogen-bond donors (Lipinski definition) is 2. The Kier molecular flexibility index (Phi) is 3.81. The molecule has 3 N–H and O–H groups in total. The lowest BCUT2D eigenvalue weighted by molar-refractivity contribution is 0.100. The van der Waals surface area contributed by atoms with Crippen molar-refractivity contribution in [2.24, 2.45) is 17.6 Å². The number of primary amides is 1. The van der Waals surface area contributed by atoms with Crippen molar-refractivity contribution in [3.8, 4) is 0 Å². The highest BCUT2D eigenvalue weighted by atomic mass is 35.5. The quantitative estimate of drug-likeness (QED) is 0.879. The topological polar surface area (TPSA) is 55.1 Å². The van der Waals surface area contributed by atoms with E-state index in [1.54, 1.807) is 12.1 Å². The SMILES string of the molecule is CC(C)C1CC(Nc2ccc(C(N)=O)c(Cl)c2)C1. The van der Waals surface area contributed by atoms with Crippen LogP contribution in [0.2, 0.25) is 5.02 Å². The predicted octanol–water partition coefficient (Wildman–Crippen LogP) is 3.29. The molecule has 18 heavy (non-hydrogen) atoms. The van der Waals surface area contributed by atoms with Gasteiger partial charge in [0.05, 0.1) is 10.6 Å². The summed E-state index contributed by atoms with van der Waals surface area (Å²) in [7, 11) is 0. The van der Waals surface area contributed by atoms with Gasteiger partial charge in [-0.3, -0.25) is 4.79 Å². The number of carbonyl (C=O) groups is 1. The van der Waals surface area contributed by atoms with Crippen molar-refractivity contribution in [1.82, 2.24) is 0 Å². The molecule has 1 fully saturated rings. The number of carbonyl (C=O) groups excluding carboxylic acids is 1. The molecule has 0 bridgehead atoms. The molecule has 98 valence electrons. The smallest absolute Gasteiger partial charge is 0.250 e. The standard InChI is InChI=1S/C14H19ClN2O/c1-8(2)9-5-11(6-9)17-10-3-4-12(14(16)18)13(15)7-10/h3-4,7-9,11,17H,5-6H2,1-2H3,(H2,16,18). The molecule has 0 radical (unpaired) electrons. The molecular weight excluding hydrogens is 248 g/mol. The van der Waals surface area contributed by atoms with Crippen molar-refractivity contribution in [2.75, 3.05) is 5.32 Å². The highest BCUT2D eigenvalue weighted by molar-refractivity contribution is 6.34. The minimum Gasteiger partial charge on any atom is -0.382 e. The zero-order valence-corrected chi connectivity index (χ0v) is 11.5. The molecule has 0 spiro atoms. The lowest BCUT2D eigenvalue weighted by Gasteiger charge is -2.39. The third kappa shape index (κ3) is 2.78. The summed E-state index contributed by atoms with van der Waals surface area (Å²) in [6.45, 7) is 4.53. The second kappa shape index (κ2) is 5.19. The molecule has 1 aliphatic carbocycles. The molecule has 1 aliphatic rings. The van der Waals surface area contributed by atoms with E-state index in [0.29, 0.717) is 16.6 Å². The highest BCUT2D eigenvalue weighted by Crippen LogP contribution is 2.35. The van der Waals surface area contributed by atoms with Crippen LogP contribution in [0.3, 0.4) is 0 Å². The van der Waals surface area contributed by atoms with Crippen molar-refractivity contribution >= 4 is 23.2 Å². The summed E-state index contributed by atoms with van der Waals surface area (Å²) < 4.78 is 0. The maximum absolute atomic E-state index is 11.1. The summed E-state index contributed by atoms with van der Waals surface area (Å²) in [5, 5.41) is 3.84. The molecule has 1 aromatic carbocycles. The average molecular weight is 267 g/mol. The van der Waals surface area contributed by atoms with Gasteiger partial charge in [0.2, 0.25) is 5.91 Å². The van der Waals surface area contributed by atoms with Crippen LogP contribution in [0.5, 0.6) is 0 Å². The van der Waals surface area contributed by atoms with Gasteiger partial charge in [0.25, 0.3) is 0 Å². The van der Waals surface area contributed by atoms with Gasteiger partial charge < -0.3 is 11.1 Å². The van der Waals surface area contributed by atoms with Crippen LogP contribution in [-0.2, 0) is 0 Å². The maximum Gasteiger partial charge on any atom is 0.250 e. The Hall–Kier alpha value is -1.22. The summed E-state index contributed by atoms with van der Waals surface area (Å²) >= 11 is 6.01. The number of benzene rings is 1. The van der Waals surface area contributed by atoms with E-state index in [1.807, 2.05) is 6.07 Å². The van der Waals surface area contributed by atoms with Crippen molar-refractivity contribution in [3.63, 3.8) is 0 Å². The first-order chi connectivity index (χ1) is 8.47. The first kappa shape index (κ1) is 13.2. The molecule has 1 amide bonds. The van der Waals surface area contributed by atoms with Crippen LogP contribution in [0.4, 0.5) is 5.69 Å². The molecule has 0 aromatic heterocycles. The van der Waals surface area contributed by atoms with E-state index in [0.717, 1.165) is 17.5 Å². The first-order valence-corrected chi connectivity index (χ1v) is 6.71. The number of hydrogen-bond acceptors (Lipinski definition) is 2. The van der Waals surface area contributed by atoms with Gasteiger partial charge in [-0.25, -0.2) is 0 Å². The van der Waals surface area contributed by atoms with Gasteiger partial charge in [-0.05, 0) is 42.9 Å². The molecule has 0 saturated heterocycles. The molecule has 0 aliphatic heterocycles. The van der Waals surface area contributed by atoms with E-state index < -0.39 is 5.91 Å². The Morgan fingerprint density at radius 1 is 1.44 bits per heavy atom. The average Bonchev–Trinajstić information content (AvgIpc) is 2.21. The molecule has 4 heteroatoms. The molecule has 3 nitrogen and oxygen atoms in total. The Balaban J connectivity index is 1.96. The number of halogens is 1. The lowest BCUT2D eigenvalue weighted by atomic mass is 9.73. The summed E-state index contributed by atoms with van der Waals surface area (Å²) in [5.41, 5.74) is 6.54. The van der Waals surface area contributed by atoms with Gasteiger partial charge in [-0.2, -0.15) is 0 Å².